The molecular formula is C10H20N2O4S2. The summed E-state index contributed by atoms with van der Waals surface area (Å²) in [5, 5.41) is 2.73. The van der Waals surface area contributed by atoms with Crippen LogP contribution in [0.5, 0.6) is 0 Å². The van der Waals surface area contributed by atoms with Crippen molar-refractivity contribution in [2.75, 3.05) is 24.6 Å². The van der Waals surface area contributed by atoms with Gasteiger partial charge in [-0.1, -0.05) is 0 Å². The van der Waals surface area contributed by atoms with Crippen molar-refractivity contribution in [3.8, 4) is 0 Å². The molecule has 0 aromatic rings. The van der Waals surface area contributed by atoms with Gasteiger partial charge in [0.25, 0.3) is 0 Å². The van der Waals surface area contributed by atoms with Gasteiger partial charge in [-0.3, -0.25) is 0 Å². The maximum absolute atomic E-state index is 12.1. The minimum absolute atomic E-state index is 0.0583. The van der Waals surface area contributed by atoms with Crippen LogP contribution in [0.1, 0.15) is 25.7 Å². The zero-order valence-corrected chi connectivity index (χ0v) is 11.9. The molecule has 18 heavy (non-hydrogen) atoms. The van der Waals surface area contributed by atoms with Gasteiger partial charge in [-0.25, -0.2) is 21.6 Å². The Morgan fingerprint density at radius 3 is 2.39 bits per heavy atom. The molecule has 6 nitrogen and oxygen atoms in total. The van der Waals surface area contributed by atoms with Crippen LogP contribution in [0.2, 0.25) is 0 Å². The van der Waals surface area contributed by atoms with Crippen LogP contribution in [0, 0.1) is 0 Å². The Morgan fingerprint density at radius 2 is 1.78 bits per heavy atom. The summed E-state index contributed by atoms with van der Waals surface area (Å²) < 4.78 is 49.8. The van der Waals surface area contributed by atoms with Gasteiger partial charge in [-0.05, 0) is 38.8 Å². The van der Waals surface area contributed by atoms with Gasteiger partial charge in [-0.15, -0.1) is 0 Å². The second-order valence-electron chi connectivity index (χ2n) is 5.07. The van der Waals surface area contributed by atoms with E-state index in [2.05, 4.69) is 10.0 Å². The molecule has 1 atom stereocenters. The maximum atomic E-state index is 12.1. The van der Waals surface area contributed by atoms with Crippen molar-refractivity contribution in [2.45, 2.75) is 37.0 Å². The number of rotatable bonds is 3. The van der Waals surface area contributed by atoms with Crippen molar-refractivity contribution in [1.29, 1.82) is 0 Å². The van der Waals surface area contributed by atoms with E-state index >= 15 is 0 Å². The van der Waals surface area contributed by atoms with Crippen LogP contribution >= 0.6 is 0 Å². The van der Waals surface area contributed by atoms with Crippen molar-refractivity contribution >= 4 is 19.9 Å². The molecule has 8 heteroatoms. The summed E-state index contributed by atoms with van der Waals surface area (Å²) in [7, 11) is -6.46. The van der Waals surface area contributed by atoms with Gasteiger partial charge in [0.05, 0.1) is 16.8 Å². The Hall–Kier alpha value is -0.180. The van der Waals surface area contributed by atoms with E-state index in [-0.39, 0.29) is 16.8 Å². The summed E-state index contributed by atoms with van der Waals surface area (Å²) in [5.41, 5.74) is 0. The first kappa shape index (κ1) is 14.2. The summed E-state index contributed by atoms with van der Waals surface area (Å²) in [4.78, 5) is 0. The summed E-state index contributed by atoms with van der Waals surface area (Å²) in [6.07, 6.45) is 2.34. The topological polar surface area (TPSA) is 92.3 Å². The summed E-state index contributed by atoms with van der Waals surface area (Å²) in [6, 6.07) is -0.441. The average molecular weight is 296 g/mol. The standard InChI is InChI=1S/C10H20N2O4S2/c13-17(14)7-1-2-9(8-17)12-18(15,16)10-3-5-11-6-4-10/h9-12H,1-8H2. The molecule has 0 amide bonds. The van der Waals surface area contributed by atoms with Gasteiger partial charge >= 0.3 is 0 Å². The molecule has 0 bridgehead atoms. The fourth-order valence-electron chi connectivity index (χ4n) is 2.55. The molecule has 1 unspecified atom stereocenters. The first-order valence-electron chi connectivity index (χ1n) is 6.31. The Bertz CT molecular complexity index is 480. The smallest absolute Gasteiger partial charge is 0.214 e. The largest absolute Gasteiger partial charge is 0.317 e. The van der Waals surface area contributed by atoms with Crippen molar-refractivity contribution in [1.82, 2.24) is 10.0 Å². The Balaban J connectivity index is 1.99. The Kier molecular flexibility index (Phi) is 4.30. The van der Waals surface area contributed by atoms with Gasteiger partial charge in [0.15, 0.2) is 9.84 Å². The van der Waals surface area contributed by atoms with Gasteiger partial charge in [0.1, 0.15) is 0 Å². The van der Waals surface area contributed by atoms with Gasteiger partial charge < -0.3 is 5.32 Å². The van der Waals surface area contributed by atoms with E-state index in [1.54, 1.807) is 0 Å². The van der Waals surface area contributed by atoms with Crippen LogP contribution in [0.25, 0.3) is 0 Å². The lowest BCUT2D eigenvalue weighted by Crippen LogP contribution is -2.48. The monoisotopic (exact) mass is 296 g/mol. The molecule has 2 fully saturated rings. The zero-order valence-electron chi connectivity index (χ0n) is 10.3. The van der Waals surface area contributed by atoms with Gasteiger partial charge in [0, 0.05) is 6.04 Å². The number of hydrogen-bond acceptors (Lipinski definition) is 5. The highest BCUT2D eigenvalue weighted by Crippen LogP contribution is 2.17. The minimum Gasteiger partial charge on any atom is -0.317 e. The molecule has 2 aliphatic rings. The first-order valence-corrected chi connectivity index (χ1v) is 9.68. The first-order chi connectivity index (χ1) is 8.39. The number of hydrogen-bond donors (Lipinski definition) is 2. The lowest BCUT2D eigenvalue weighted by molar-refractivity contribution is 0.474. The van der Waals surface area contributed by atoms with E-state index in [1.165, 1.54) is 0 Å². The Labute approximate surface area is 108 Å². The second kappa shape index (κ2) is 5.44. The molecule has 0 radical (unpaired) electrons. The molecule has 2 aliphatic heterocycles. The molecule has 106 valence electrons. The third-order valence-electron chi connectivity index (χ3n) is 3.52. The third-order valence-corrected chi connectivity index (χ3v) is 7.35. The van der Waals surface area contributed by atoms with Crippen molar-refractivity contribution in [2.24, 2.45) is 0 Å². The lowest BCUT2D eigenvalue weighted by Gasteiger charge is -2.27. The molecule has 2 N–H and O–H groups in total. The summed E-state index contributed by atoms with van der Waals surface area (Å²) >= 11 is 0. The molecular weight excluding hydrogens is 276 g/mol. The molecule has 2 saturated heterocycles. The SMILES string of the molecule is O=S1(=O)CCCC(NS(=O)(=O)C2CCNCC2)C1. The zero-order chi connectivity index (χ0) is 13.2. The summed E-state index contributed by atoms with van der Waals surface area (Å²) in [6.45, 7) is 1.41. The van der Waals surface area contributed by atoms with E-state index in [1.807, 2.05) is 0 Å². The minimum atomic E-state index is -3.39. The second-order valence-corrected chi connectivity index (χ2v) is 9.29. The number of piperidine rings is 1. The lowest BCUT2D eigenvalue weighted by atomic mass is 10.2. The van der Waals surface area contributed by atoms with Crippen molar-refractivity contribution in [3.05, 3.63) is 0 Å². The molecule has 0 saturated carbocycles. The van der Waals surface area contributed by atoms with Crippen molar-refractivity contribution < 1.29 is 16.8 Å². The fourth-order valence-corrected chi connectivity index (χ4v) is 6.01. The van der Waals surface area contributed by atoms with E-state index in [9.17, 15) is 16.8 Å². The predicted octanol–water partition coefficient (Wildman–Crippen LogP) is -0.765. The van der Waals surface area contributed by atoms with Crippen LogP contribution in [0.3, 0.4) is 0 Å². The molecule has 0 aliphatic carbocycles. The van der Waals surface area contributed by atoms with E-state index in [4.69, 9.17) is 0 Å². The molecule has 0 spiro atoms. The molecule has 2 rings (SSSR count). The van der Waals surface area contributed by atoms with E-state index in [0.717, 1.165) is 0 Å². The maximum Gasteiger partial charge on any atom is 0.214 e. The number of nitrogens with one attached hydrogen (secondary N) is 2. The molecule has 2 heterocycles. The number of sulfonamides is 1. The van der Waals surface area contributed by atoms with Crippen LogP contribution < -0.4 is 10.0 Å². The number of sulfone groups is 1. The highest BCUT2D eigenvalue weighted by Gasteiger charge is 2.32. The van der Waals surface area contributed by atoms with E-state index in [0.29, 0.717) is 38.8 Å². The van der Waals surface area contributed by atoms with E-state index < -0.39 is 25.9 Å². The predicted molar refractivity (Wildman–Crippen MR) is 69.6 cm³/mol. The van der Waals surface area contributed by atoms with Crippen molar-refractivity contribution in [3.63, 3.8) is 0 Å². The van der Waals surface area contributed by atoms with Gasteiger partial charge in [-0.2, -0.15) is 0 Å². The third kappa shape index (κ3) is 3.66. The van der Waals surface area contributed by atoms with Crippen LogP contribution in [-0.4, -0.2) is 52.7 Å². The molecule has 0 aromatic heterocycles. The molecule has 0 aromatic carbocycles. The van der Waals surface area contributed by atoms with Crippen LogP contribution in [-0.2, 0) is 19.9 Å². The normalized spacial score (nSPS) is 30.1. The average Bonchev–Trinajstić information content (AvgIpc) is 2.28. The highest BCUT2D eigenvalue weighted by atomic mass is 32.2. The summed E-state index contributed by atoms with van der Waals surface area (Å²) in [5.74, 6) is 0.121. The van der Waals surface area contributed by atoms with Gasteiger partial charge in [0.2, 0.25) is 10.0 Å². The van der Waals surface area contributed by atoms with Crippen LogP contribution in [0.15, 0.2) is 0 Å². The van der Waals surface area contributed by atoms with Crippen LogP contribution in [0.4, 0.5) is 0 Å². The highest BCUT2D eigenvalue weighted by molar-refractivity contribution is 7.91. The fraction of sp³-hybridized carbons (Fsp3) is 1.00. The quantitative estimate of drug-likeness (QED) is 0.714. The Morgan fingerprint density at radius 1 is 1.11 bits per heavy atom.